The van der Waals surface area contributed by atoms with Crippen LogP contribution in [0.5, 0.6) is 0 Å². The maximum Gasteiger partial charge on any atom is 0.187 e. The highest BCUT2D eigenvalue weighted by Crippen LogP contribution is 2.23. The molecule has 0 amide bonds. The predicted octanol–water partition coefficient (Wildman–Crippen LogP) is 3.30. The summed E-state index contributed by atoms with van der Waals surface area (Å²) in [6, 6.07) is 1.93. The summed E-state index contributed by atoms with van der Waals surface area (Å²) in [6.07, 6.45) is 3.70. The Hall–Kier alpha value is -0.390. The Labute approximate surface area is 105 Å². The fourth-order valence-electron chi connectivity index (χ4n) is 1.20. The van der Waals surface area contributed by atoms with E-state index in [-0.39, 0.29) is 0 Å². The first-order valence-electron chi connectivity index (χ1n) is 4.16. The van der Waals surface area contributed by atoms with E-state index >= 15 is 0 Å². The summed E-state index contributed by atoms with van der Waals surface area (Å²) in [7, 11) is 0. The number of alkyl halides is 1. The van der Waals surface area contributed by atoms with Gasteiger partial charge in [-0.1, -0.05) is 39.3 Å². The lowest BCUT2D eigenvalue weighted by atomic mass is 10.3. The van der Waals surface area contributed by atoms with Crippen molar-refractivity contribution in [2.75, 3.05) is 6.26 Å². The summed E-state index contributed by atoms with van der Waals surface area (Å²) >= 11 is 10.9. The minimum atomic E-state index is 0.430. The van der Waals surface area contributed by atoms with E-state index in [9.17, 15) is 0 Å². The topological polar surface area (TPSA) is 38.7 Å². The molecule has 0 bridgehead atoms. The third-order valence-corrected chi connectivity index (χ3v) is 3.27. The number of thioether (sulfide) groups is 1. The van der Waals surface area contributed by atoms with E-state index in [1.165, 1.54) is 11.8 Å². The summed E-state index contributed by atoms with van der Waals surface area (Å²) < 4.78 is 0. The third kappa shape index (κ3) is 2.24. The summed E-state index contributed by atoms with van der Waals surface area (Å²) in [5.41, 5.74) is 1.59. The van der Waals surface area contributed by atoms with Gasteiger partial charge in [0.15, 0.2) is 10.3 Å². The van der Waals surface area contributed by atoms with Crippen molar-refractivity contribution in [3.8, 4) is 0 Å². The summed E-state index contributed by atoms with van der Waals surface area (Å²) in [6.45, 7) is 0. The number of halogens is 2. The Kier molecular flexibility index (Phi) is 3.43. The lowest BCUT2D eigenvalue weighted by molar-refractivity contribution is 1.000. The number of hydrogen-bond donors (Lipinski definition) is 0. The molecule has 0 N–H and O–H groups in total. The summed E-state index contributed by atoms with van der Waals surface area (Å²) in [4.78, 5) is 12.7. The quantitative estimate of drug-likeness (QED) is 0.369. The normalized spacial score (nSPS) is 10.9. The zero-order chi connectivity index (χ0) is 10.8. The van der Waals surface area contributed by atoms with Crippen molar-refractivity contribution in [3.63, 3.8) is 0 Å². The number of hydrogen-bond acceptors (Lipinski definition) is 4. The van der Waals surface area contributed by atoms with Crippen molar-refractivity contribution >= 4 is 50.2 Å². The Bertz CT molecular complexity index is 506. The Morgan fingerprint density at radius 3 is 2.93 bits per heavy atom. The molecule has 0 aliphatic rings. The average Bonchev–Trinajstić information content (AvgIpc) is 2.28. The smallest absolute Gasteiger partial charge is 0.187 e. The molecular weight excluding hydrogens is 298 g/mol. The minimum Gasteiger partial charge on any atom is -0.238 e. The fourth-order valence-corrected chi connectivity index (χ4v) is 2.09. The number of aromatic nitrogens is 3. The zero-order valence-corrected chi connectivity index (χ0v) is 11.0. The van der Waals surface area contributed by atoms with Gasteiger partial charge in [-0.05, 0) is 12.3 Å². The van der Waals surface area contributed by atoms with Crippen molar-refractivity contribution in [3.05, 3.63) is 23.1 Å². The van der Waals surface area contributed by atoms with E-state index < -0.39 is 0 Å². The second-order valence-corrected chi connectivity index (χ2v) is 4.52. The van der Waals surface area contributed by atoms with Gasteiger partial charge in [0.05, 0.1) is 5.69 Å². The molecule has 0 saturated carbocycles. The van der Waals surface area contributed by atoms with Gasteiger partial charge in [-0.25, -0.2) is 15.0 Å². The van der Waals surface area contributed by atoms with Crippen LogP contribution < -0.4 is 0 Å². The van der Waals surface area contributed by atoms with Crippen LogP contribution in [0.15, 0.2) is 17.4 Å². The lowest BCUT2D eigenvalue weighted by Crippen LogP contribution is -1.92. The highest BCUT2D eigenvalue weighted by atomic mass is 79.9. The van der Waals surface area contributed by atoms with E-state index in [4.69, 9.17) is 11.6 Å². The molecule has 0 aliphatic heterocycles. The number of pyridine rings is 1. The molecule has 15 heavy (non-hydrogen) atoms. The van der Waals surface area contributed by atoms with Crippen LogP contribution in [-0.2, 0) is 5.33 Å². The molecule has 0 aliphatic carbocycles. The summed E-state index contributed by atoms with van der Waals surface area (Å²) in [5, 5.41) is 2.73. The monoisotopic (exact) mass is 303 g/mol. The maximum absolute atomic E-state index is 6.04. The Morgan fingerprint density at radius 2 is 2.27 bits per heavy atom. The molecule has 2 aromatic heterocycles. The number of rotatable bonds is 2. The van der Waals surface area contributed by atoms with Crippen LogP contribution in [0.4, 0.5) is 0 Å². The highest BCUT2D eigenvalue weighted by Gasteiger charge is 2.06. The first-order chi connectivity index (χ1) is 7.24. The van der Waals surface area contributed by atoms with Gasteiger partial charge in [-0.3, -0.25) is 0 Å². The number of fused-ring (bicyclic) bond motifs is 1. The fraction of sp³-hybridized carbons (Fsp3) is 0.222. The molecular formula is C9H7BrClN3S. The van der Waals surface area contributed by atoms with E-state index in [2.05, 4.69) is 30.9 Å². The van der Waals surface area contributed by atoms with E-state index in [1.54, 1.807) is 6.20 Å². The first kappa shape index (κ1) is 11.1. The second kappa shape index (κ2) is 4.63. The van der Waals surface area contributed by atoms with Crippen LogP contribution in [0, 0.1) is 0 Å². The average molecular weight is 305 g/mol. The largest absolute Gasteiger partial charge is 0.238 e. The first-order valence-corrected chi connectivity index (χ1v) is 6.89. The Balaban J connectivity index is 2.68. The molecule has 0 spiro atoms. The van der Waals surface area contributed by atoms with Gasteiger partial charge in [0.25, 0.3) is 0 Å². The van der Waals surface area contributed by atoms with E-state index in [0.717, 1.165) is 11.1 Å². The molecule has 3 nitrogen and oxygen atoms in total. The van der Waals surface area contributed by atoms with Gasteiger partial charge in [-0.15, -0.1) is 0 Å². The highest BCUT2D eigenvalue weighted by molar-refractivity contribution is 9.08. The second-order valence-electron chi connectivity index (χ2n) is 2.83. The Morgan fingerprint density at radius 1 is 1.47 bits per heavy atom. The molecule has 6 heteroatoms. The van der Waals surface area contributed by atoms with E-state index in [0.29, 0.717) is 21.2 Å². The van der Waals surface area contributed by atoms with Crippen molar-refractivity contribution < 1.29 is 0 Å². The van der Waals surface area contributed by atoms with Gasteiger partial charge >= 0.3 is 0 Å². The molecule has 2 heterocycles. The molecule has 0 aromatic carbocycles. The van der Waals surface area contributed by atoms with Crippen molar-refractivity contribution in [1.29, 1.82) is 0 Å². The van der Waals surface area contributed by atoms with E-state index in [1.807, 2.05) is 12.3 Å². The van der Waals surface area contributed by atoms with Gasteiger partial charge in [0.2, 0.25) is 0 Å². The number of nitrogens with zero attached hydrogens (tertiary/aromatic N) is 3. The third-order valence-electron chi connectivity index (χ3n) is 1.87. The van der Waals surface area contributed by atoms with Crippen LogP contribution in [0.1, 0.15) is 5.69 Å². The molecule has 78 valence electrons. The van der Waals surface area contributed by atoms with Crippen molar-refractivity contribution in [2.45, 2.75) is 10.5 Å². The SMILES string of the molecule is CSc1ncc2cc(CBr)nc(Cl)c2n1. The molecule has 0 radical (unpaired) electrons. The van der Waals surface area contributed by atoms with Crippen LogP contribution in [0.25, 0.3) is 10.9 Å². The minimum absolute atomic E-state index is 0.430. The predicted molar refractivity (Wildman–Crippen MR) is 66.8 cm³/mol. The molecule has 0 atom stereocenters. The van der Waals surface area contributed by atoms with Crippen LogP contribution >= 0.6 is 39.3 Å². The molecule has 0 fully saturated rings. The maximum atomic E-state index is 6.04. The van der Waals surface area contributed by atoms with Crippen LogP contribution in [-0.4, -0.2) is 21.2 Å². The zero-order valence-electron chi connectivity index (χ0n) is 7.87. The van der Waals surface area contributed by atoms with Gasteiger partial charge in [-0.2, -0.15) is 0 Å². The van der Waals surface area contributed by atoms with Crippen LogP contribution in [0.2, 0.25) is 5.15 Å². The van der Waals surface area contributed by atoms with Gasteiger partial charge in [0.1, 0.15) is 5.52 Å². The molecule has 2 rings (SSSR count). The van der Waals surface area contributed by atoms with Gasteiger partial charge in [0, 0.05) is 16.9 Å². The molecule has 0 unspecified atom stereocenters. The molecule has 0 saturated heterocycles. The lowest BCUT2D eigenvalue weighted by Gasteiger charge is -2.03. The summed E-state index contributed by atoms with van der Waals surface area (Å²) in [5.74, 6) is 0. The van der Waals surface area contributed by atoms with Crippen LogP contribution in [0.3, 0.4) is 0 Å². The van der Waals surface area contributed by atoms with Crippen molar-refractivity contribution in [2.24, 2.45) is 0 Å². The van der Waals surface area contributed by atoms with Gasteiger partial charge < -0.3 is 0 Å². The van der Waals surface area contributed by atoms with Crippen molar-refractivity contribution in [1.82, 2.24) is 15.0 Å². The molecule has 2 aromatic rings. The standard InChI is InChI=1S/C9H7BrClN3S/c1-15-9-12-4-5-2-6(3-10)13-8(11)7(5)14-9/h2,4H,3H2,1H3.